The number of ether oxygens (including phenoxy) is 1. The summed E-state index contributed by atoms with van der Waals surface area (Å²) in [6, 6.07) is 16.6. The molecule has 0 aliphatic carbocycles. The number of nitrogens with two attached hydrogens (primary N) is 1. The van der Waals surface area contributed by atoms with Crippen LogP contribution in [0, 0.1) is 0 Å². The molecular weight excluding hydrogens is 248 g/mol. The largest absolute Gasteiger partial charge is 0.497 e. The maximum absolute atomic E-state index is 5.73. The molecule has 2 aromatic carbocycles. The van der Waals surface area contributed by atoms with Gasteiger partial charge in [0.2, 0.25) is 0 Å². The van der Waals surface area contributed by atoms with Crippen molar-refractivity contribution in [2.24, 2.45) is 0 Å². The van der Waals surface area contributed by atoms with E-state index in [1.54, 1.807) is 7.11 Å². The number of anilines is 1. The predicted molar refractivity (Wildman–Crippen MR) is 83.7 cm³/mol. The van der Waals surface area contributed by atoms with Gasteiger partial charge in [-0.15, -0.1) is 0 Å². The molecule has 0 aliphatic heterocycles. The Morgan fingerprint density at radius 3 is 2.20 bits per heavy atom. The Morgan fingerprint density at radius 2 is 1.65 bits per heavy atom. The van der Waals surface area contributed by atoms with Crippen LogP contribution >= 0.6 is 0 Å². The molecule has 1 atom stereocenters. The van der Waals surface area contributed by atoms with Gasteiger partial charge in [0.05, 0.1) is 7.11 Å². The Morgan fingerprint density at radius 1 is 1.05 bits per heavy atom. The van der Waals surface area contributed by atoms with Crippen LogP contribution in [-0.4, -0.2) is 19.1 Å². The van der Waals surface area contributed by atoms with E-state index < -0.39 is 0 Å². The smallest absolute Gasteiger partial charge is 0.118 e. The van der Waals surface area contributed by atoms with E-state index in [0.717, 1.165) is 18.0 Å². The van der Waals surface area contributed by atoms with Gasteiger partial charge >= 0.3 is 0 Å². The molecule has 0 saturated heterocycles. The van der Waals surface area contributed by atoms with Crippen molar-refractivity contribution in [3.05, 3.63) is 59.7 Å². The lowest BCUT2D eigenvalue weighted by molar-refractivity contribution is 0.253. The average molecular weight is 270 g/mol. The number of benzene rings is 2. The quantitative estimate of drug-likeness (QED) is 0.845. The fourth-order valence-electron chi connectivity index (χ4n) is 2.18. The van der Waals surface area contributed by atoms with Crippen LogP contribution in [0.15, 0.2) is 48.5 Å². The van der Waals surface area contributed by atoms with Crippen LogP contribution in [0.4, 0.5) is 5.69 Å². The van der Waals surface area contributed by atoms with Crippen LogP contribution in [0.5, 0.6) is 5.75 Å². The molecule has 0 fully saturated rings. The third-order valence-electron chi connectivity index (χ3n) is 3.67. The van der Waals surface area contributed by atoms with Gasteiger partial charge in [-0.05, 0) is 49.4 Å². The Bertz CT molecular complexity index is 534. The molecule has 0 saturated carbocycles. The monoisotopic (exact) mass is 270 g/mol. The first-order valence-electron chi connectivity index (χ1n) is 6.79. The standard InChI is InChI=1S/C17H22N2O/c1-13(15-6-8-16(18)9-7-15)19(2)12-14-4-10-17(20-3)11-5-14/h4-11,13H,12,18H2,1-3H3. The lowest BCUT2D eigenvalue weighted by atomic mass is 10.1. The van der Waals surface area contributed by atoms with E-state index in [9.17, 15) is 0 Å². The van der Waals surface area contributed by atoms with Crippen molar-refractivity contribution >= 4 is 5.69 Å². The van der Waals surface area contributed by atoms with Crippen molar-refractivity contribution in [1.29, 1.82) is 0 Å². The summed E-state index contributed by atoms with van der Waals surface area (Å²) >= 11 is 0. The molecule has 106 valence electrons. The van der Waals surface area contributed by atoms with E-state index in [1.807, 2.05) is 24.3 Å². The molecule has 3 heteroatoms. The molecule has 0 aromatic heterocycles. The molecule has 0 radical (unpaired) electrons. The minimum Gasteiger partial charge on any atom is -0.497 e. The number of rotatable bonds is 5. The number of methoxy groups -OCH3 is 1. The van der Waals surface area contributed by atoms with Crippen LogP contribution in [0.25, 0.3) is 0 Å². The van der Waals surface area contributed by atoms with Crippen LogP contribution in [-0.2, 0) is 6.54 Å². The molecule has 2 N–H and O–H groups in total. The molecule has 0 heterocycles. The van der Waals surface area contributed by atoms with Crippen LogP contribution < -0.4 is 10.5 Å². The van der Waals surface area contributed by atoms with E-state index in [-0.39, 0.29) is 0 Å². The molecular formula is C17H22N2O. The summed E-state index contributed by atoms with van der Waals surface area (Å²) in [6.45, 7) is 3.10. The third-order valence-corrected chi connectivity index (χ3v) is 3.67. The highest BCUT2D eigenvalue weighted by Gasteiger charge is 2.11. The van der Waals surface area contributed by atoms with Gasteiger partial charge in [0.15, 0.2) is 0 Å². The van der Waals surface area contributed by atoms with Crippen LogP contribution in [0.1, 0.15) is 24.1 Å². The minimum atomic E-state index is 0.345. The summed E-state index contributed by atoms with van der Waals surface area (Å²) < 4.78 is 5.18. The van der Waals surface area contributed by atoms with E-state index in [1.165, 1.54) is 11.1 Å². The van der Waals surface area contributed by atoms with Gasteiger partial charge < -0.3 is 10.5 Å². The highest BCUT2D eigenvalue weighted by molar-refractivity contribution is 5.40. The van der Waals surface area contributed by atoms with Crippen LogP contribution in [0.3, 0.4) is 0 Å². The SMILES string of the molecule is COc1ccc(CN(C)C(C)c2ccc(N)cc2)cc1. The van der Waals surface area contributed by atoms with Crippen molar-refractivity contribution in [2.75, 3.05) is 19.9 Å². The fourth-order valence-corrected chi connectivity index (χ4v) is 2.18. The average Bonchev–Trinajstić information content (AvgIpc) is 2.48. The molecule has 2 aromatic rings. The van der Waals surface area contributed by atoms with Crippen molar-refractivity contribution in [3.63, 3.8) is 0 Å². The first-order chi connectivity index (χ1) is 9.60. The van der Waals surface area contributed by atoms with Crippen molar-refractivity contribution in [2.45, 2.75) is 19.5 Å². The van der Waals surface area contributed by atoms with Gasteiger partial charge in [0.1, 0.15) is 5.75 Å². The van der Waals surface area contributed by atoms with E-state index >= 15 is 0 Å². The fraction of sp³-hybridized carbons (Fsp3) is 0.294. The Hall–Kier alpha value is -2.00. The Labute approximate surface area is 121 Å². The maximum atomic E-state index is 5.73. The lowest BCUT2D eigenvalue weighted by Gasteiger charge is -2.25. The molecule has 0 amide bonds. The number of hydrogen-bond donors (Lipinski definition) is 1. The van der Waals surface area contributed by atoms with Gasteiger partial charge in [-0.25, -0.2) is 0 Å². The normalized spacial score (nSPS) is 12.4. The molecule has 3 nitrogen and oxygen atoms in total. The topological polar surface area (TPSA) is 38.5 Å². The summed E-state index contributed by atoms with van der Waals surface area (Å²) in [5.74, 6) is 0.892. The summed E-state index contributed by atoms with van der Waals surface area (Å²) in [7, 11) is 3.82. The van der Waals surface area contributed by atoms with E-state index in [0.29, 0.717) is 6.04 Å². The molecule has 0 aliphatic rings. The summed E-state index contributed by atoms with van der Waals surface area (Å²) in [5.41, 5.74) is 9.08. The van der Waals surface area contributed by atoms with Gasteiger partial charge in [0.25, 0.3) is 0 Å². The lowest BCUT2D eigenvalue weighted by Crippen LogP contribution is -2.21. The first-order valence-corrected chi connectivity index (χ1v) is 6.79. The van der Waals surface area contributed by atoms with Crippen LogP contribution in [0.2, 0.25) is 0 Å². The Balaban J connectivity index is 2.02. The van der Waals surface area contributed by atoms with Gasteiger partial charge in [-0.3, -0.25) is 4.90 Å². The van der Waals surface area contributed by atoms with E-state index in [2.05, 4.69) is 43.1 Å². The molecule has 1 unspecified atom stereocenters. The highest BCUT2D eigenvalue weighted by Crippen LogP contribution is 2.22. The number of nitrogens with zero attached hydrogens (tertiary/aromatic N) is 1. The third kappa shape index (κ3) is 3.52. The summed E-state index contributed by atoms with van der Waals surface area (Å²) in [5, 5.41) is 0. The molecule has 20 heavy (non-hydrogen) atoms. The Kier molecular flexibility index (Phi) is 4.64. The predicted octanol–water partition coefficient (Wildman–Crippen LogP) is 3.47. The zero-order valence-electron chi connectivity index (χ0n) is 12.3. The van der Waals surface area contributed by atoms with E-state index in [4.69, 9.17) is 10.5 Å². The number of hydrogen-bond acceptors (Lipinski definition) is 3. The summed E-state index contributed by atoms with van der Waals surface area (Å²) in [6.07, 6.45) is 0. The zero-order valence-corrected chi connectivity index (χ0v) is 12.3. The maximum Gasteiger partial charge on any atom is 0.118 e. The zero-order chi connectivity index (χ0) is 14.5. The van der Waals surface area contributed by atoms with Gasteiger partial charge in [-0.2, -0.15) is 0 Å². The number of nitrogen functional groups attached to an aromatic ring is 1. The second kappa shape index (κ2) is 6.44. The second-order valence-corrected chi connectivity index (χ2v) is 5.11. The van der Waals surface area contributed by atoms with Crippen molar-refractivity contribution < 1.29 is 4.74 Å². The first kappa shape index (κ1) is 14.4. The minimum absolute atomic E-state index is 0.345. The molecule has 2 rings (SSSR count). The summed E-state index contributed by atoms with van der Waals surface area (Å²) in [4.78, 5) is 2.31. The van der Waals surface area contributed by atoms with Crippen molar-refractivity contribution in [3.8, 4) is 5.75 Å². The second-order valence-electron chi connectivity index (χ2n) is 5.11. The van der Waals surface area contributed by atoms with Crippen molar-refractivity contribution in [1.82, 2.24) is 4.90 Å². The van der Waals surface area contributed by atoms with Gasteiger partial charge in [0, 0.05) is 18.3 Å². The molecule has 0 bridgehead atoms. The van der Waals surface area contributed by atoms with Gasteiger partial charge in [-0.1, -0.05) is 24.3 Å². The molecule has 0 spiro atoms. The highest BCUT2D eigenvalue weighted by atomic mass is 16.5.